The number of thiazole rings is 1. The van der Waals surface area contributed by atoms with Gasteiger partial charge >= 0.3 is 0 Å². The van der Waals surface area contributed by atoms with Crippen LogP contribution in [0.5, 0.6) is 0 Å². The molecule has 8 heteroatoms. The van der Waals surface area contributed by atoms with Gasteiger partial charge < -0.3 is 11.1 Å². The van der Waals surface area contributed by atoms with Crippen molar-refractivity contribution >= 4 is 74.3 Å². The lowest BCUT2D eigenvalue weighted by Crippen LogP contribution is -2.09. The summed E-state index contributed by atoms with van der Waals surface area (Å²) in [4.78, 5) is 6.55. The van der Waals surface area contributed by atoms with Gasteiger partial charge in [-0.1, -0.05) is 30.3 Å². The fraction of sp³-hybridized carbons (Fsp3) is 0.0526. The zero-order valence-corrected chi connectivity index (χ0v) is 17.6. The van der Waals surface area contributed by atoms with E-state index in [1.807, 2.05) is 29.1 Å². The number of nitrogens with one attached hydrogen (secondary N) is 2. The van der Waals surface area contributed by atoms with Crippen LogP contribution in [0.25, 0.3) is 22.0 Å². The van der Waals surface area contributed by atoms with Crippen LogP contribution in [0.1, 0.15) is 4.88 Å². The topological polar surface area (TPSA) is 74.8 Å². The maximum absolute atomic E-state index is 7.72. The summed E-state index contributed by atoms with van der Waals surface area (Å²) in [6, 6.07) is 14.6. The molecule has 0 saturated heterocycles. The number of halogens is 1. The highest BCUT2D eigenvalue weighted by atomic mass is 35.5. The van der Waals surface area contributed by atoms with Crippen LogP contribution in [0.3, 0.4) is 0 Å². The molecule has 4 N–H and O–H groups in total. The molecule has 0 bridgehead atoms. The number of benzene rings is 2. The van der Waals surface area contributed by atoms with Crippen molar-refractivity contribution in [1.82, 2.24) is 4.98 Å². The summed E-state index contributed by atoms with van der Waals surface area (Å²) >= 11 is 4.66. The molecule has 0 radical (unpaired) electrons. The van der Waals surface area contributed by atoms with E-state index in [1.165, 1.54) is 22.1 Å². The standard InChI is InChI=1S/C19H16N4S3.ClH/c1-24-16-14(9-25-17(16)18(20)21)15-10-26-19(23-15)22-13-7-6-11-4-2-3-5-12(11)8-13;/h2-10H,1H3,(H3,20,21)(H,22,23);1H. The Morgan fingerprint density at radius 1 is 1.11 bits per heavy atom. The van der Waals surface area contributed by atoms with Crippen LogP contribution >= 0.6 is 46.8 Å². The number of fused-ring (bicyclic) bond motifs is 1. The van der Waals surface area contributed by atoms with E-state index in [0.717, 1.165) is 31.8 Å². The van der Waals surface area contributed by atoms with E-state index in [9.17, 15) is 0 Å². The van der Waals surface area contributed by atoms with Gasteiger partial charge in [-0.15, -0.1) is 46.8 Å². The number of thiophene rings is 1. The zero-order chi connectivity index (χ0) is 18.1. The summed E-state index contributed by atoms with van der Waals surface area (Å²) in [6.07, 6.45) is 2.00. The van der Waals surface area contributed by atoms with Gasteiger partial charge in [-0.2, -0.15) is 0 Å². The summed E-state index contributed by atoms with van der Waals surface area (Å²) < 4.78 is 0. The Balaban J connectivity index is 0.00000210. The Hall–Kier alpha value is -2.06. The molecule has 0 atom stereocenters. The Kier molecular flexibility index (Phi) is 6.06. The number of nitrogen functional groups attached to an aromatic ring is 1. The first-order valence-corrected chi connectivity index (χ1v) is 10.9. The predicted octanol–water partition coefficient (Wildman–Crippen LogP) is 6.20. The normalized spacial score (nSPS) is 10.6. The van der Waals surface area contributed by atoms with Crippen molar-refractivity contribution in [2.24, 2.45) is 5.73 Å². The molecule has 0 fully saturated rings. The third-order valence-electron chi connectivity index (χ3n) is 3.98. The first-order valence-electron chi connectivity index (χ1n) is 7.87. The zero-order valence-electron chi connectivity index (χ0n) is 14.4. The number of hydrogen-bond acceptors (Lipinski definition) is 6. The number of rotatable bonds is 5. The van der Waals surface area contributed by atoms with Crippen LogP contribution in [0.15, 0.2) is 58.1 Å². The van der Waals surface area contributed by atoms with E-state index < -0.39 is 0 Å². The Morgan fingerprint density at radius 2 is 1.89 bits per heavy atom. The number of hydrogen-bond donors (Lipinski definition) is 3. The van der Waals surface area contributed by atoms with Crippen molar-refractivity contribution in [3.8, 4) is 11.3 Å². The van der Waals surface area contributed by atoms with Gasteiger partial charge in [0, 0.05) is 26.9 Å². The van der Waals surface area contributed by atoms with Gasteiger partial charge in [0.2, 0.25) is 0 Å². The Morgan fingerprint density at radius 3 is 2.63 bits per heavy atom. The van der Waals surface area contributed by atoms with E-state index in [-0.39, 0.29) is 18.2 Å². The van der Waals surface area contributed by atoms with Crippen LogP contribution < -0.4 is 11.1 Å². The number of aromatic nitrogens is 1. The molecule has 27 heavy (non-hydrogen) atoms. The van der Waals surface area contributed by atoms with Crippen molar-refractivity contribution in [2.75, 3.05) is 11.6 Å². The molecule has 0 aliphatic carbocycles. The molecule has 0 spiro atoms. The van der Waals surface area contributed by atoms with Gasteiger partial charge in [-0.25, -0.2) is 4.98 Å². The van der Waals surface area contributed by atoms with E-state index in [1.54, 1.807) is 23.1 Å². The largest absolute Gasteiger partial charge is 0.383 e. The van der Waals surface area contributed by atoms with Crippen LogP contribution in [0.4, 0.5) is 10.8 Å². The lowest BCUT2D eigenvalue weighted by Gasteiger charge is -2.04. The highest BCUT2D eigenvalue weighted by Gasteiger charge is 2.16. The second kappa shape index (κ2) is 8.31. The summed E-state index contributed by atoms with van der Waals surface area (Å²) in [7, 11) is 0. The monoisotopic (exact) mass is 432 g/mol. The highest BCUT2D eigenvalue weighted by Crippen LogP contribution is 2.39. The first-order chi connectivity index (χ1) is 12.7. The smallest absolute Gasteiger partial charge is 0.187 e. The fourth-order valence-corrected chi connectivity index (χ4v) is 5.45. The summed E-state index contributed by atoms with van der Waals surface area (Å²) in [5.41, 5.74) is 8.65. The summed E-state index contributed by atoms with van der Waals surface area (Å²) in [6.45, 7) is 0. The molecule has 0 aliphatic rings. The lowest BCUT2D eigenvalue weighted by atomic mass is 10.1. The van der Waals surface area contributed by atoms with E-state index in [0.29, 0.717) is 0 Å². The quantitative estimate of drug-likeness (QED) is 0.199. The van der Waals surface area contributed by atoms with Gasteiger partial charge in [0.15, 0.2) is 5.13 Å². The Labute approximate surface area is 175 Å². The van der Waals surface area contributed by atoms with Gasteiger partial charge in [-0.05, 0) is 29.2 Å². The molecular weight excluding hydrogens is 416 g/mol. The minimum Gasteiger partial charge on any atom is -0.383 e. The molecule has 2 aromatic carbocycles. The number of amidine groups is 1. The lowest BCUT2D eigenvalue weighted by molar-refractivity contribution is 1.35. The van der Waals surface area contributed by atoms with Crippen LogP contribution in [0, 0.1) is 5.41 Å². The minimum absolute atomic E-state index is 0. The van der Waals surface area contributed by atoms with Crippen molar-refractivity contribution in [1.29, 1.82) is 5.41 Å². The number of nitrogens with two attached hydrogens (primary N) is 1. The second-order valence-corrected chi connectivity index (χ2v) is 8.20. The molecule has 4 nitrogen and oxygen atoms in total. The van der Waals surface area contributed by atoms with Crippen LogP contribution in [-0.4, -0.2) is 17.1 Å². The van der Waals surface area contributed by atoms with Crippen molar-refractivity contribution in [3.05, 3.63) is 58.1 Å². The minimum atomic E-state index is 0. The van der Waals surface area contributed by atoms with Crippen LogP contribution in [-0.2, 0) is 0 Å². The number of thioether (sulfide) groups is 1. The predicted molar refractivity (Wildman–Crippen MR) is 123 cm³/mol. The average molecular weight is 433 g/mol. The summed E-state index contributed by atoms with van der Waals surface area (Å²) in [5, 5.41) is 18.4. The third kappa shape index (κ3) is 3.96. The molecule has 2 aromatic heterocycles. The first kappa shape index (κ1) is 19.7. The summed E-state index contributed by atoms with van der Waals surface area (Å²) in [5.74, 6) is 0.107. The average Bonchev–Trinajstić information content (AvgIpc) is 3.27. The maximum Gasteiger partial charge on any atom is 0.187 e. The fourth-order valence-electron chi connectivity index (χ4n) is 2.76. The number of anilines is 2. The van der Waals surface area contributed by atoms with Gasteiger partial charge in [-0.3, -0.25) is 5.41 Å². The van der Waals surface area contributed by atoms with Crippen molar-refractivity contribution in [3.63, 3.8) is 0 Å². The van der Waals surface area contributed by atoms with E-state index >= 15 is 0 Å². The molecule has 4 aromatic rings. The van der Waals surface area contributed by atoms with Gasteiger partial charge in [0.25, 0.3) is 0 Å². The molecular formula is C19H17ClN4S3. The third-order valence-corrected chi connectivity index (χ3v) is 6.71. The van der Waals surface area contributed by atoms with E-state index in [2.05, 4.69) is 35.6 Å². The molecule has 0 unspecified atom stereocenters. The van der Waals surface area contributed by atoms with Crippen molar-refractivity contribution in [2.45, 2.75) is 4.90 Å². The molecule has 0 aliphatic heterocycles. The highest BCUT2D eigenvalue weighted by molar-refractivity contribution is 7.99. The van der Waals surface area contributed by atoms with Gasteiger partial charge in [0.1, 0.15) is 5.84 Å². The Bertz CT molecular complexity index is 1100. The van der Waals surface area contributed by atoms with Gasteiger partial charge in [0.05, 0.1) is 10.6 Å². The molecule has 0 saturated carbocycles. The molecule has 138 valence electrons. The molecule has 2 heterocycles. The van der Waals surface area contributed by atoms with E-state index in [4.69, 9.17) is 16.1 Å². The second-order valence-electron chi connectivity index (χ2n) is 5.65. The van der Waals surface area contributed by atoms with Crippen LogP contribution in [0.2, 0.25) is 0 Å². The SMILES string of the molecule is CSc1c(-c2csc(Nc3ccc4ccccc4c3)n2)csc1C(=N)N.Cl. The molecule has 0 amide bonds. The number of nitrogens with zero attached hydrogens (tertiary/aromatic N) is 1. The maximum atomic E-state index is 7.72. The van der Waals surface area contributed by atoms with Crippen molar-refractivity contribution < 1.29 is 0 Å². The molecule has 4 rings (SSSR count).